The van der Waals surface area contributed by atoms with E-state index in [0.717, 1.165) is 42.8 Å². The summed E-state index contributed by atoms with van der Waals surface area (Å²) in [4.78, 5) is 26.5. The number of hydrogen-bond donors (Lipinski definition) is 3. The lowest BCUT2D eigenvalue weighted by atomic mass is 9.66. The van der Waals surface area contributed by atoms with Gasteiger partial charge in [-0.15, -0.1) is 0 Å². The highest BCUT2D eigenvalue weighted by Crippen LogP contribution is 2.50. The second-order valence-electron chi connectivity index (χ2n) is 13.5. The second-order valence-corrected chi connectivity index (χ2v) is 15.4. The molecule has 5 atom stereocenters. The van der Waals surface area contributed by atoms with Crippen LogP contribution in [-0.2, 0) is 15.0 Å². The molecule has 5 aliphatic rings. The van der Waals surface area contributed by atoms with Gasteiger partial charge in [0.05, 0.1) is 0 Å². The summed E-state index contributed by atoms with van der Waals surface area (Å²) >= 11 is 0. The van der Waals surface area contributed by atoms with Crippen LogP contribution in [-0.4, -0.2) is 68.5 Å². The van der Waals surface area contributed by atoms with E-state index in [9.17, 15) is 18.0 Å². The Morgan fingerprint density at radius 2 is 1.89 bits per heavy atom. The zero-order valence-corrected chi connectivity index (χ0v) is 26.1. The molecule has 1 unspecified atom stereocenters. The number of carbonyl (C=O) groups is 2. The Hall–Kier alpha value is -2.83. The Morgan fingerprint density at radius 3 is 2.52 bits per heavy atom. The molecule has 1 saturated heterocycles. The number of amides is 2. The average molecular weight is 633 g/mol. The quantitative estimate of drug-likeness (QED) is 0.376. The highest BCUT2D eigenvalue weighted by atomic mass is 32.2. The normalized spacial score (nSPS) is 31.3. The maximum atomic E-state index is 15.6. The molecule has 1 aromatic carbocycles. The number of benzene rings is 1. The SMILES string of the molecule is CN(C)S(=O)(=O)NC(=O)c1cccc(O[C@@H]2CC[C@@H](NC(=O)[C@@]3(F)CNC4(CCC4)C3)C2)c1[C@@H]1C=CC=C(F)C1C1CCC1. The van der Waals surface area contributed by atoms with Gasteiger partial charge >= 0.3 is 10.2 Å². The maximum Gasteiger partial charge on any atom is 0.303 e. The average Bonchev–Trinajstić information content (AvgIpc) is 3.53. The minimum atomic E-state index is -4.08. The first-order chi connectivity index (χ1) is 20.9. The van der Waals surface area contributed by atoms with Crippen molar-refractivity contribution in [1.29, 1.82) is 0 Å². The summed E-state index contributed by atoms with van der Waals surface area (Å²) in [7, 11) is -1.44. The first-order valence-corrected chi connectivity index (χ1v) is 17.2. The van der Waals surface area contributed by atoms with Crippen molar-refractivity contribution in [2.45, 2.75) is 93.5 Å². The molecule has 1 aliphatic heterocycles. The summed E-state index contributed by atoms with van der Waals surface area (Å²) in [6.45, 7) is 0.0231. The molecule has 12 heteroatoms. The monoisotopic (exact) mass is 632 g/mol. The third-order valence-corrected chi connectivity index (χ3v) is 11.8. The van der Waals surface area contributed by atoms with E-state index in [1.54, 1.807) is 18.2 Å². The van der Waals surface area contributed by atoms with Gasteiger partial charge < -0.3 is 15.4 Å². The topological polar surface area (TPSA) is 117 Å². The molecule has 0 aromatic heterocycles. The first-order valence-electron chi connectivity index (χ1n) is 15.7. The van der Waals surface area contributed by atoms with Gasteiger partial charge in [-0.25, -0.2) is 13.5 Å². The lowest BCUT2D eigenvalue weighted by Crippen LogP contribution is -2.49. The van der Waals surface area contributed by atoms with Crippen LogP contribution in [0.4, 0.5) is 8.78 Å². The Morgan fingerprint density at radius 1 is 1.11 bits per heavy atom. The Labute approximate surface area is 258 Å². The number of carbonyl (C=O) groups excluding carboxylic acids is 2. The van der Waals surface area contributed by atoms with E-state index in [0.29, 0.717) is 30.6 Å². The maximum absolute atomic E-state index is 15.6. The predicted octanol–water partition coefficient (Wildman–Crippen LogP) is 4.19. The van der Waals surface area contributed by atoms with E-state index < -0.39 is 39.5 Å². The van der Waals surface area contributed by atoms with Crippen LogP contribution in [0.3, 0.4) is 0 Å². The fraction of sp³-hybridized carbons (Fsp3) is 0.625. The van der Waals surface area contributed by atoms with Crippen LogP contribution in [0.5, 0.6) is 5.75 Å². The molecule has 0 radical (unpaired) electrons. The summed E-state index contributed by atoms with van der Waals surface area (Å²) < 4.78 is 65.6. The van der Waals surface area contributed by atoms with Gasteiger partial charge in [-0.05, 0) is 69.1 Å². The minimum absolute atomic E-state index is 0.0231. The molecule has 4 aliphatic carbocycles. The number of rotatable bonds is 9. The Balaban J connectivity index is 1.23. The van der Waals surface area contributed by atoms with Crippen molar-refractivity contribution >= 4 is 22.0 Å². The van der Waals surface area contributed by atoms with Crippen molar-refractivity contribution in [3.8, 4) is 5.75 Å². The molecule has 3 saturated carbocycles. The smallest absolute Gasteiger partial charge is 0.303 e. The van der Waals surface area contributed by atoms with E-state index in [1.807, 2.05) is 6.08 Å². The highest BCUT2D eigenvalue weighted by Gasteiger charge is 2.55. The van der Waals surface area contributed by atoms with Crippen molar-refractivity contribution in [3.05, 3.63) is 53.4 Å². The number of hydrogen-bond acceptors (Lipinski definition) is 6. The largest absolute Gasteiger partial charge is 0.490 e. The molecule has 6 rings (SSSR count). The zero-order chi connectivity index (χ0) is 31.3. The molecule has 3 N–H and O–H groups in total. The van der Waals surface area contributed by atoms with Crippen LogP contribution in [0.1, 0.15) is 86.0 Å². The van der Waals surface area contributed by atoms with Crippen molar-refractivity contribution < 1.29 is 31.5 Å². The van der Waals surface area contributed by atoms with Gasteiger partial charge in [-0.2, -0.15) is 12.7 Å². The molecule has 4 fully saturated rings. The van der Waals surface area contributed by atoms with Crippen molar-refractivity contribution in [3.63, 3.8) is 0 Å². The summed E-state index contributed by atoms with van der Waals surface area (Å²) in [5.41, 5.74) is -1.63. The minimum Gasteiger partial charge on any atom is -0.490 e. The van der Waals surface area contributed by atoms with Gasteiger partial charge in [0, 0.05) is 68.0 Å². The molecule has 44 heavy (non-hydrogen) atoms. The number of allylic oxidation sites excluding steroid dienone is 4. The Kier molecular flexibility index (Phi) is 8.38. The number of ether oxygens (including phenoxy) is 1. The van der Waals surface area contributed by atoms with Gasteiger partial charge in [0.2, 0.25) is 5.67 Å². The third-order valence-electron chi connectivity index (χ3n) is 10.4. The highest BCUT2D eigenvalue weighted by molar-refractivity contribution is 7.87. The van der Waals surface area contributed by atoms with E-state index in [1.165, 1.54) is 26.2 Å². The van der Waals surface area contributed by atoms with Crippen LogP contribution in [0, 0.1) is 11.8 Å². The van der Waals surface area contributed by atoms with Gasteiger partial charge in [0.15, 0.2) is 0 Å². The number of nitrogens with one attached hydrogen (secondary N) is 3. The van der Waals surface area contributed by atoms with Crippen LogP contribution in [0.15, 0.2) is 42.3 Å². The fourth-order valence-corrected chi connectivity index (χ4v) is 8.02. The van der Waals surface area contributed by atoms with E-state index in [4.69, 9.17) is 4.74 Å². The molecule has 240 valence electrons. The number of alkyl halides is 1. The third kappa shape index (κ3) is 5.92. The summed E-state index contributed by atoms with van der Waals surface area (Å²) in [5.74, 6) is -2.24. The zero-order valence-electron chi connectivity index (χ0n) is 25.3. The molecule has 0 bridgehead atoms. The van der Waals surface area contributed by atoms with Gasteiger partial charge in [0.1, 0.15) is 17.7 Å². The van der Waals surface area contributed by atoms with E-state index >= 15 is 8.78 Å². The van der Waals surface area contributed by atoms with Crippen LogP contribution < -0.4 is 20.1 Å². The molecule has 1 aromatic rings. The number of halogens is 2. The fourth-order valence-electron chi connectivity index (χ4n) is 7.49. The molecule has 9 nitrogen and oxygen atoms in total. The molecular formula is C32H42F2N4O5S. The molecule has 1 heterocycles. The van der Waals surface area contributed by atoms with E-state index in [-0.39, 0.29) is 48.0 Å². The Bertz CT molecular complexity index is 1470. The molecule has 1 spiro atoms. The lowest BCUT2D eigenvalue weighted by Gasteiger charge is -2.39. The standard InChI is InChI=1S/C32H42F2N4O5S/c1-38(2)44(41,42)37-29(39)24-10-5-12-26(28(24)23-9-4-11-25(33)27(23)20-7-3-8-20)43-22-14-13-21(17-22)36-30(40)32(34)18-31(35-19-32)15-6-16-31/h4-5,9-12,20-23,27,35H,3,6-8,13-19H2,1-2H3,(H,36,40)(H,37,39)/t21-,22-,23-,27?,32+/m1/s1. The van der Waals surface area contributed by atoms with Crippen LogP contribution >= 0.6 is 0 Å². The van der Waals surface area contributed by atoms with Crippen molar-refractivity contribution in [2.75, 3.05) is 20.6 Å². The van der Waals surface area contributed by atoms with Gasteiger partial charge in [-0.3, -0.25) is 9.59 Å². The lowest BCUT2D eigenvalue weighted by molar-refractivity contribution is -0.133. The van der Waals surface area contributed by atoms with Crippen molar-refractivity contribution in [1.82, 2.24) is 19.7 Å². The summed E-state index contributed by atoms with van der Waals surface area (Å²) in [5, 5.41) is 6.14. The number of nitrogens with zero attached hydrogens (tertiary/aromatic N) is 1. The first kappa shape index (κ1) is 31.2. The van der Waals surface area contributed by atoms with E-state index in [2.05, 4.69) is 15.4 Å². The van der Waals surface area contributed by atoms with Gasteiger partial charge in [-0.1, -0.05) is 24.6 Å². The summed E-state index contributed by atoms with van der Waals surface area (Å²) in [6.07, 6.45) is 12.0. The van der Waals surface area contributed by atoms with Gasteiger partial charge in [0.25, 0.3) is 11.8 Å². The summed E-state index contributed by atoms with van der Waals surface area (Å²) in [6, 6.07) is 4.61. The predicted molar refractivity (Wildman–Crippen MR) is 162 cm³/mol. The second kappa shape index (κ2) is 11.8. The van der Waals surface area contributed by atoms with Crippen LogP contribution in [0.2, 0.25) is 0 Å². The van der Waals surface area contributed by atoms with Crippen LogP contribution in [0.25, 0.3) is 0 Å². The molecular weight excluding hydrogens is 590 g/mol. The van der Waals surface area contributed by atoms with Crippen molar-refractivity contribution in [2.24, 2.45) is 11.8 Å². The molecule has 2 amide bonds.